The molecule has 18 heteroatoms. The number of thiocarbonyl (C=S) groups is 1. The summed E-state index contributed by atoms with van der Waals surface area (Å²) in [6, 6.07) is 15.0. The van der Waals surface area contributed by atoms with E-state index in [4.69, 9.17) is 17.0 Å². The van der Waals surface area contributed by atoms with E-state index in [0.29, 0.717) is 61.6 Å². The van der Waals surface area contributed by atoms with E-state index >= 15 is 0 Å². The zero-order valence-corrected chi connectivity index (χ0v) is 33.7. The fraction of sp³-hybridized carbons (Fsp3) is 0.452. The number of carbonyl (C=O) groups is 4. The molecule has 3 atom stereocenters. The van der Waals surface area contributed by atoms with Crippen LogP contribution >= 0.6 is 12.2 Å². The highest BCUT2D eigenvalue weighted by atomic mass is 32.1. The number of hydrogen-bond donors (Lipinski definition) is 3. The molecular formula is C42H44F3N9O5S. The molecule has 1 aromatic heterocycles. The highest BCUT2D eigenvalue weighted by Crippen LogP contribution is 2.49. The van der Waals surface area contributed by atoms with Crippen molar-refractivity contribution in [3.8, 4) is 11.8 Å². The van der Waals surface area contributed by atoms with Gasteiger partial charge in [-0.1, -0.05) is 13.0 Å². The number of halogens is 3. The van der Waals surface area contributed by atoms with Crippen molar-refractivity contribution in [1.29, 1.82) is 5.26 Å². The number of nitriles is 1. The van der Waals surface area contributed by atoms with Crippen molar-refractivity contribution in [3.63, 3.8) is 0 Å². The highest BCUT2D eigenvalue weighted by molar-refractivity contribution is 7.81. The molecule has 5 heterocycles. The van der Waals surface area contributed by atoms with Crippen LogP contribution < -0.4 is 30.5 Å². The Labute approximate surface area is 350 Å². The van der Waals surface area contributed by atoms with Gasteiger partial charge in [-0.2, -0.15) is 18.4 Å². The molecule has 3 unspecified atom stereocenters. The summed E-state index contributed by atoms with van der Waals surface area (Å²) < 4.78 is 47.8. The monoisotopic (exact) mass is 843 g/mol. The first-order valence-electron chi connectivity index (χ1n) is 20.2. The number of imide groups is 1. The van der Waals surface area contributed by atoms with Crippen LogP contribution in [0.5, 0.6) is 5.75 Å². The number of hydrogen-bond acceptors (Lipinski definition) is 11. The summed E-state index contributed by atoms with van der Waals surface area (Å²) >= 11 is 5.80. The van der Waals surface area contributed by atoms with Crippen LogP contribution in [-0.2, 0) is 31.8 Å². The van der Waals surface area contributed by atoms with Crippen molar-refractivity contribution < 1.29 is 37.1 Å². The molecule has 3 aromatic rings. The van der Waals surface area contributed by atoms with Gasteiger partial charge in [0.1, 0.15) is 30.0 Å². The Kier molecular flexibility index (Phi) is 11.3. The lowest BCUT2D eigenvalue weighted by atomic mass is 9.75. The van der Waals surface area contributed by atoms with E-state index in [0.717, 1.165) is 55.1 Å². The molecule has 0 radical (unpaired) electrons. The van der Waals surface area contributed by atoms with Crippen molar-refractivity contribution in [1.82, 2.24) is 20.1 Å². The second kappa shape index (κ2) is 16.4. The van der Waals surface area contributed by atoms with Crippen molar-refractivity contribution in [2.45, 2.75) is 88.1 Å². The van der Waals surface area contributed by atoms with Crippen molar-refractivity contribution >= 4 is 63.7 Å². The highest BCUT2D eigenvalue weighted by Gasteiger charge is 2.60. The Morgan fingerprint density at radius 1 is 1.05 bits per heavy atom. The Hall–Kier alpha value is -5.64. The number of benzene rings is 2. The van der Waals surface area contributed by atoms with Gasteiger partial charge in [0.15, 0.2) is 10.8 Å². The Balaban J connectivity index is 0.863. The lowest BCUT2D eigenvalue weighted by Crippen LogP contribution is -2.56. The van der Waals surface area contributed by atoms with E-state index in [1.807, 2.05) is 31.2 Å². The summed E-state index contributed by atoms with van der Waals surface area (Å²) in [6.07, 6.45) is 1.24. The van der Waals surface area contributed by atoms with Crippen LogP contribution in [0.3, 0.4) is 0 Å². The van der Waals surface area contributed by atoms with Crippen molar-refractivity contribution in [2.24, 2.45) is 0 Å². The number of nitrogens with one attached hydrogen (secondary N) is 3. The number of pyridine rings is 1. The number of likely N-dealkylation sites (tertiary alicyclic amines) is 1. The van der Waals surface area contributed by atoms with Crippen molar-refractivity contribution in [3.05, 3.63) is 71.5 Å². The number of alkyl halides is 3. The summed E-state index contributed by atoms with van der Waals surface area (Å²) in [5.41, 5.74) is -0.343. The molecular weight excluding hydrogens is 800 g/mol. The van der Waals surface area contributed by atoms with E-state index < -0.39 is 34.9 Å². The molecule has 14 nitrogen and oxygen atoms in total. The third-order valence-electron chi connectivity index (χ3n) is 12.2. The SMILES string of the molecule is CCc1cc(N2C(=S)N(c3cnc(C#N)c(C(F)(F)F)c3)C(=O)C23CCC3)ccc1OCCN1CC2CCC(C1)N2CC(=O)Nc1cccc(NC2CCC(=O)NC2=O)c1. The molecule has 1 spiro atoms. The average Bonchev–Trinajstić information content (AvgIpc) is 3.57. The molecule has 60 heavy (non-hydrogen) atoms. The maximum absolute atomic E-state index is 14.0. The third-order valence-corrected chi connectivity index (χ3v) is 12.6. The maximum Gasteiger partial charge on any atom is 0.419 e. The van der Waals surface area contributed by atoms with E-state index in [2.05, 4.69) is 30.7 Å². The van der Waals surface area contributed by atoms with E-state index in [1.165, 1.54) is 6.07 Å². The summed E-state index contributed by atoms with van der Waals surface area (Å²) in [5, 5.41) is 17.8. The zero-order valence-electron chi connectivity index (χ0n) is 32.9. The number of fused-ring (bicyclic) bond motifs is 2. The fourth-order valence-corrected chi connectivity index (χ4v) is 9.57. The van der Waals surface area contributed by atoms with Gasteiger partial charge >= 0.3 is 6.18 Å². The number of piperazine rings is 1. The van der Waals surface area contributed by atoms with Crippen LogP contribution in [0.25, 0.3) is 0 Å². The Morgan fingerprint density at radius 3 is 2.47 bits per heavy atom. The number of anilines is 4. The van der Waals surface area contributed by atoms with Gasteiger partial charge in [-0.15, -0.1) is 0 Å². The van der Waals surface area contributed by atoms with Gasteiger partial charge in [0, 0.05) is 55.2 Å². The normalized spacial score (nSPS) is 22.8. The first-order valence-corrected chi connectivity index (χ1v) is 20.6. The van der Waals surface area contributed by atoms with E-state index in [-0.39, 0.29) is 53.6 Å². The lowest BCUT2D eigenvalue weighted by Gasteiger charge is -2.43. The number of amides is 4. The maximum atomic E-state index is 14.0. The van der Waals surface area contributed by atoms with Gasteiger partial charge in [-0.05, 0) is 105 Å². The first-order chi connectivity index (χ1) is 28.8. The second-order valence-corrected chi connectivity index (χ2v) is 16.3. The molecule has 1 aliphatic carbocycles. The number of nitrogens with zero attached hydrogens (tertiary/aromatic N) is 6. The van der Waals surface area contributed by atoms with Crippen LogP contribution in [0.15, 0.2) is 54.7 Å². The van der Waals surface area contributed by atoms with Crippen LogP contribution in [0.4, 0.5) is 35.9 Å². The molecule has 5 aliphatic rings. The largest absolute Gasteiger partial charge is 0.492 e. The standard InChI is InChI=1S/C42H44F3N9O5S/c1-2-25-17-28(54-40(60)53(39(58)41(54)13-4-14-41)31-19-32(42(43,44)45)34(20-46)47-21-31)9-11-35(25)59-16-15-51-22-29-7-8-30(23-51)52(29)24-37(56)49-27-6-3-5-26(18-27)48-33-10-12-36(55)50-38(33)57/h3,5-6,9,11,17-19,21,29-30,33,48H,2,4,7-8,10,12-16,22-24H2,1H3,(H,49,56)(H,50,55,57). The molecule has 4 saturated heterocycles. The molecule has 4 aliphatic heterocycles. The smallest absolute Gasteiger partial charge is 0.419 e. The number of aromatic nitrogens is 1. The third kappa shape index (κ3) is 7.88. The fourth-order valence-electron chi connectivity index (χ4n) is 9.10. The van der Waals surface area contributed by atoms with E-state index in [9.17, 15) is 37.6 Å². The minimum Gasteiger partial charge on any atom is -0.492 e. The molecule has 1 saturated carbocycles. The number of piperidine rings is 1. The van der Waals surface area contributed by atoms with Gasteiger partial charge in [0.05, 0.1) is 24.0 Å². The number of rotatable bonds is 12. The number of ether oxygens (including phenoxy) is 1. The number of carbonyl (C=O) groups excluding carboxylic acids is 4. The second-order valence-electron chi connectivity index (χ2n) is 15.9. The molecule has 5 fully saturated rings. The summed E-state index contributed by atoms with van der Waals surface area (Å²) in [5.74, 6) is -0.484. The Bertz CT molecular complexity index is 2270. The summed E-state index contributed by atoms with van der Waals surface area (Å²) in [7, 11) is 0. The minimum atomic E-state index is -4.85. The van der Waals surface area contributed by atoms with Crippen LogP contribution in [0, 0.1) is 11.3 Å². The van der Waals surface area contributed by atoms with Gasteiger partial charge in [0.2, 0.25) is 17.7 Å². The summed E-state index contributed by atoms with van der Waals surface area (Å²) in [6.45, 7) is 4.98. The molecule has 3 N–H and O–H groups in total. The predicted molar refractivity (Wildman–Crippen MR) is 219 cm³/mol. The Morgan fingerprint density at radius 2 is 1.80 bits per heavy atom. The molecule has 8 rings (SSSR count). The molecule has 4 amide bonds. The number of aryl methyl sites for hydroxylation is 1. The lowest BCUT2D eigenvalue weighted by molar-refractivity contribution is -0.138. The van der Waals surface area contributed by atoms with E-state index in [1.54, 1.807) is 23.1 Å². The molecule has 2 bridgehead atoms. The molecule has 2 aromatic carbocycles. The van der Waals surface area contributed by atoms with Gasteiger partial charge in [-0.3, -0.25) is 39.2 Å². The topological polar surface area (TPSA) is 163 Å². The van der Waals surface area contributed by atoms with Gasteiger partial charge in [0.25, 0.3) is 5.91 Å². The quantitative estimate of drug-likeness (QED) is 0.166. The van der Waals surface area contributed by atoms with Crippen LogP contribution in [-0.4, -0.2) is 100.0 Å². The zero-order chi connectivity index (χ0) is 42.3. The average molecular weight is 844 g/mol. The predicted octanol–water partition coefficient (Wildman–Crippen LogP) is 4.98. The van der Waals surface area contributed by atoms with Crippen LogP contribution in [0.2, 0.25) is 0 Å². The first kappa shape index (κ1) is 41.1. The van der Waals surface area contributed by atoms with Gasteiger partial charge < -0.3 is 20.3 Å². The molecule has 314 valence electrons. The summed E-state index contributed by atoms with van der Waals surface area (Å²) in [4.78, 5) is 62.1. The minimum absolute atomic E-state index is 0.0508. The van der Waals surface area contributed by atoms with Gasteiger partial charge in [-0.25, -0.2) is 4.98 Å². The van der Waals surface area contributed by atoms with Crippen LogP contribution in [0.1, 0.15) is 68.7 Å². The van der Waals surface area contributed by atoms with Crippen molar-refractivity contribution in [2.75, 3.05) is 53.2 Å².